The van der Waals surface area contributed by atoms with Crippen LogP contribution < -0.4 is 21.3 Å². The summed E-state index contributed by atoms with van der Waals surface area (Å²) in [6, 6.07) is -13.4. The molecule has 0 aromatic carbocycles. The molecule has 0 bridgehead atoms. The van der Waals surface area contributed by atoms with Gasteiger partial charge in [0.15, 0.2) is 0 Å². The maximum absolute atomic E-state index is 15.2. The van der Waals surface area contributed by atoms with E-state index in [1.807, 2.05) is 41.5 Å². The molecule has 0 aliphatic carbocycles. The van der Waals surface area contributed by atoms with Gasteiger partial charge in [-0.05, 0) is 102 Å². The number of allylic oxidation sites excluding steroid dienone is 2. The molecule has 520 valence electrons. The number of ether oxygens (including phenoxy) is 2. The zero-order valence-corrected chi connectivity index (χ0v) is 59.6. The first-order valence-corrected chi connectivity index (χ1v) is 32.0. The van der Waals surface area contributed by atoms with Gasteiger partial charge in [-0.25, -0.2) is 0 Å². The molecule has 1 aliphatic heterocycles. The van der Waals surface area contributed by atoms with Crippen molar-refractivity contribution in [3.05, 3.63) is 12.2 Å². The molecule has 0 saturated carbocycles. The van der Waals surface area contributed by atoms with Gasteiger partial charge < -0.3 is 70.1 Å². The Morgan fingerprint density at radius 3 is 1.42 bits per heavy atom. The largest absolute Gasteiger partial charge is 0.460 e. The van der Waals surface area contributed by atoms with Crippen LogP contribution in [0, 0.1) is 35.5 Å². The predicted molar refractivity (Wildman–Crippen MR) is 345 cm³/mol. The van der Waals surface area contributed by atoms with Gasteiger partial charge in [-0.1, -0.05) is 95.2 Å². The van der Waals surface area contributed by atoms with Crippen LogP contribution in [0.4, 0.5) is 0 Å². The second-order valence-corrected chi connectivity index (χ2v) is 27.3. The molecule has 1 saturated heterocycles. The molecule has 91 heavy (non-hydrogen) atoms. The summed E-state index contributed by atoms with van der Waals surface area (Å²) in [4.78, 5) is 183. The molecule has 11 amide bonds. The normalized spacial score (nSPS) is 26.8. The summed E-state index contributed by atoms with van der Waals surface area (Å²) in [5.41, 5.74) is -1.43. The molecule has 0 radical (unpaired) electrons. The third-order valence-corrected chi connectivity index (χ3v) is 16.8. The molecule has 13 atom stereocenters. The van der Waals surface area contributed by atoms with E-state index in [4.69, 9.17) is 9.47 Å². The molecule has 1 heterocycles. The van der Waals surface area contributed by atoms with Crippen LogP contribution in [0.25, 0.3) is 0 Å². The Bertz CT molecular complexity index is 2560. The number of likely N-dealkylation sites (N-methyl/N-ethyl adjacent to an activating group) is 7. The Balaban J connectivity index is 4.51. The fourth-order valence-electron chi connectivity index (χ4n) is 11.4. The van der Waals surface area contributed by atoms with Crippen molar-refractivity contribution in [2.75, 3.05) is 56.4 Å². The van der Waals surface area contributed by atoms with Gasteiger partial charge >= 0.3 is 5.97 Å². The highest BCUT2D eigenvalue weighted by molar-refractivity contribution is 6.00. The molecular weight excluding hydrogens is 1170 g/mol. The van der Waals surface area contributed by atoms with E-state index in [0.717, 1.165) is 21.8 Å². The maximum atomic E-state index is 15.2. The van der Waals surface area contributed by atoms with E-state index in [2.05, 4.69) is 21.3 Å². The van der Waals surface area contributed by atoms with Crippen molar-refractivity contribution in [2.45, 2.75) is 242 Å². The van der Waals surface area contributed by atoms with Gasteiger partial charge in [0.1, 0.15) is 66.0 Å². The number of aliphatic hydroxyl groups excluding tert-OH is 1. The average Bonchev–Trinajstić information content (AvgIpc) is 0.829. The summed E-state index contributed by atoms with van der Waals surface area (Å²) in [6.07, 6.45) is 0.354. The Hall–Kier alpha value is -6.70. The van der Waals surface area contributed by atoms with Crippen molar-refractivity contribution in [1.29, 1.82) is 0 Å². The highest BCUT2D eigenvalue weighted by Crippen LogP contribution is 2.27. The van der Waals surface area contributed by atoms with Gasteiger partial charge in [-0.3, -0.25) is 57.5 Å². The third kappa shape index (κ3) is 22.8. The fraction of sp³-hybridized carbons (Fsp3) is 0.785. The van der Waals surface area contributed by atoms with Gasteiger partial charge in [-0.15, -0.1) is 0 Å². The minimum atomic E-state index is -1.78. The molecule has 0 spiro atoms. The number of carbonyl (C=O) groups is 12. The lowest BCUT2D eigenvalue weighted by Crippen LogP contribution is -2.64. The smallest absolute Gasteiger partial charge is 0.303 e. The summed E-state index contributed by atoms with van der Waals surface area (Å²) in [5.74, 6) is -11.8. The molecule has 26 nitrogen and oxygen atoms in total. The predicted octanol–water partition coefficient (Wildman–Crippen LogP) is 2.93. The fourth-order valence-corrected chi connectivity index (χ4v) is 11.4. The van der Waals surface area contributed by atoms with Gasteiger partial charge in [0.05, 0.1) is 6.10 Å². The summed E-state index contributed by atoms with van der Waals surface area (Å²) in [7, 11) is 10.6. The second kappa shape index (κ2) is 36.5. The highest BCUT2D eigenvalue weighted by Gasteiger charge is 2.47. The van der Waals surface area contributed by atoms with Gasteiger partial charge in [-0.2, -0.15) is 0 Å². The van der Waals surface area contributed by atoms with Crippen LogP contribution in [-0.4, -0.2) is 245 Å². The van der Waals surface area contributed by atoms with Gasteiger partial charge in [0.25, 0.3) is 5.91 Å². The number of hydrogen-bond donors (Lipinski definition) is 5. The average molecular weight is 1290 g/mol. The van der Waals surface area contributed by atoms with Crippen LogP contribution in [0.3, 0.4) is 0 Å². The van der Waals surface area contributed by atoms with Crippen LogP contribution in [-0.2, 0) is 67.0 Å². The number of esters is 1. The topological polar surface area (TPSA) is 314 Å². The number of hydrogen-bond acceptors (Lipinski definition) is 15. The Morgan fingerprint density at radius 1 is 0.527 bits per heavy atom. The minimum Gasteiger partial charge on any atom is -0.460 e. The lowest BCUT2D eigenvalue weighted by atomic mass is 9.91. The van der Waals surface area contributed by atoms with Crippen molar-refractivity contribution >= 4 is 70.9 Å². The monoisotopic (exact) mass is 1290 g/mol. The van der Waals surface area contributed by atoms with E-state index in [0.29, 0.717) is 0 Å². The number of carbonyl (C=O) groups excluding carboxylic acids is 12. The number of rotatable bonds is 17. The highest BCUT2D eigenvalue weighted by atomic mass is 16.6. The van der Waals surface area contributed by atoms with Gasteiger partial charge in [0, 0.05) is 69.8 Å². The first-order chi connectivity index (χ1) is 41.9. The van der Waals surface area contributed by atoms with Crippen LogP contribution >= 0.6 is 0 Å². The number of methoxy groups -OCH3 is 1. The molecule has 1 rings (SSSR count). The maximum Gasteiger partial charge on any atom is 0.303 e. The summed E-state index contributed by atoms with van der Waals surface area (Å²) in [6.45, 7) is 29.9. The van der Waals surface area contributed by atoms with E-state index >= 15 is 14.4 Å². The van der Waals surface area contributed by atoms with Crippen molar-refractivity contribution in [2.24, 2.45) is 35.5 Å². The molecule has 0 aromatic heterocycles. The molecule has 0 aromatic rings. The summed E-state index contributed by atoms with van der Waals surface area (Å²) < 4.78 is 11.3. The molecular formula is C65H115N11O15. The van der Waals surface area contributed by atoms with Crippen molar-refractivity contribution in [1.82, 2.24) is 55.6 Å². The number of nitrogens with one attached hydrogen (secondary N) is 4. The molecule has 1 aliphatic rings. The Kier molecular flexibility index (Phi) is 33.0. The number of nitrogens with zero attached hydrogens (tertiary/aromatic N) is 7. The molecule has 1 fully saturated rings. The summed E-state index contributed by atoms with van der Waals surface area (Å²) in [5, 5.41) is 23.0. The van der Waals surface area contributed by atoms with Crippen LogP contribution in [0.2, 0.25) is 0 Å². The number of aliphatic hydroxyl groups is 1. The first-order valence-electron chi connectivity index (χ1n) is 32.0. The second-order valence-electron chi connectivity index (χ2n) is 27.3. The lowest BCUT2D eigenvalue weighted by Gasteiger charge is -2.41. The lowest BCUT2D eigenvalue weighted by molar-refractivity contribution is -0.167. The van der Waals surface area contributed by atoms with E-state index in [-0.39, 0.29) is 56.3 Å². The van der Waals surface area contributed by atoms with Gasteiger partial charge in [0.2, 0.25) is 65.3 Å². The summed E-state index contributed by atoms with van der Waals surface area (Å²) >= 11 is 0. The SMILES string of the molecule is C/C=C/CC(C)C(O)[C@H]1C(=O)N[C@@H](CC)C(=O)N(C)C(OC)C(=O)N(C)[C@@H](CC(C)(C)OC(C)=O)C(=O)N[C@@H](C(C)C)C(=O)N(C)[C@@H](CC(C)C)C(=O)N[C@@H](C)C(=O)N[C@H](C)C(=O)N(C)[C@@H](CC(C)C)C(=O)N(C)[C@@H](CC(C)C)C(=O)N(C)[C@@H](C(C)C)C(=O)N1C. The molecule has 3 unspecified atom stereocenters. The van der Waals surface area contributed by atoms with Crippen molar-refractivity contribution < 1.29 is 72.1 Å². The van der Waals surface area contributed by atoms with E-state index in [9.17, 15) is 48.3 Å². The van der Waals surface area contributed by atoms with E-state index in [1.165, 1.54) is 104 Å². The minimum absolute atomic E-state index is 0.0886. The van der Waals surface area contributed by atoms with Crippen LogP contribution in [0.1, 0.15) is 163 Å². The van der Waals surface area contributed by atoms with Crippen LogP contribution in [0.5, 0.6) is 0 Å². The number of amides is 11. The standard InChI is InChI=1S/C65H115N11O15/c1-27-29-30-40(13)52(78)51-56(82)68-44(28-2)58(84)76(25)64(90-26)63(89)73(22)48(34-65(17,18)91-43(16)77)55(81)69-49(38(9)10)61(87)70(19)45(31-35(3)4)54(80)66-41(14)53(79)67-42(15)57(83)71(20)46(32-36(5)6)59(85)72(21)47(33-37(7)8)60(86)74(23)50(39(11)12)62(88)75(51)24/h27,29,35-42,44-52,64,78H,28,30-34H2,1-26H3,(H,66,80)(H,67,79)(H,68,82)(H,69,81)/b29-27+/t40?,41-,42+,44-,45-,46-,47-,48-,49-,50-,51-,52?,64?/m0/s1. The zero-order chi connectivity index (χ0) is 70.8. The Labute approximate surface area is 542 Å². The molecule has 26 heteroatoms. The Morgan fingerprint density at radius 2 is 0.967 bits per heavy atom. The van der Waals surface area contributed by atoms with Crippen LogP contribution in [0.15, 0.2) is 12.2 Å². The first kappa shape index (κ1) is 82.3. The van der Waals surface area contributed by atoms with E-state index < -0.39 is 167 Å². The quantitative estimate of drug-likeness (QED) is 0.103. The zero-order valence-electron chi connectivity index (χ0n) is 59.6. The molecule has 5 N–H and O–H groups in total. The van der Waals surface area contributed by atoms with E-state index in [1.54, 1.807) is 60.6 Å². The third-order valence-electron chi connectivity index (χ3n) is 16.8. The van der Waals surface area contributed by atoms with Crippen molar-refractivity contribution in [3.63, 3.8) is 0 Å². The van der Waals surface area contributed by atoms with Crippen molar-refractivity contribution in [3.8, 4) is 0 Å².